The Kier molecular flexibility index (Phi) is 5.34. The fraction of sp³-hybridized carbons (Fsp3) is 0.160. The van der Waals surface area contributed by atoms with Gasteiger partial charge in [0.15, 0.2) is 0 Å². The van der Waals surface area contributed by atoms with Crippen molar-refractivity contribution in [3.8, 4) is 34.0 Å². The van der Waals surface area contributed by atoms with E-state index in [9.17, 15) is 0 Å². The number of aromatic nitrogens is 2. The molecule has 146 valence electrons. The van der Waals surface area contributed by atoms with Crippen LogP contribution in [0.25, 0.3) is 22.5 Å². The van der Waals surface area contributed by atoms with E-state index in [0.717, 1.165) is 34.0 Å². The number of methoxy groups -OCH3 is 2. The summed E-state index contributed by atoms with van der Waals surface area (Å²) < 4.78 is 12.7. The lowest BCUT2D eigenvalue weighted by Gasteiger charge is -2.10. The van der Waals surface area contributed by atoms with E-state index in [1.54, 1.807) is 14.2 Å². The molecule has 0 aliphatic heterocycles. The minimum Gasteiger partial charge on any atom is -0.497 e. The quantitative estimate of drug-likeness (QED) is 0.435. The standard InChI is InChI=1S/C25H24N2O2/c1-18-6-4-5-7-21(18)17-27-25(20-10-14-23(29-3)15-11-20)16-24(26-27)19-8-12-22(28-2)13-9-19/h4-16H,17H2,1-3H3. The number of rotatable bonds is 6. The first-order valence-corrected chi connectivity index (χ1v) is 9.59. The van der Waals surface area contributed by atoms with Crippen molar-refractivity contribution in [2.24, 2.45) is 0 Å². The van der Waals surface area contributed by atoms with Crippen molar-refractivity contribution < 1.29 is 9.47 Å². The van der Waals surface area contributed by atoms with Gasteiger partial charge in [0.2, 0.25) is 0 Å². The van der Waals surface area contributed by atoms with Gasteiger partial charge in [-0.15, -0.1) is 0 Å². The van der Waals surface area contributed by atoms with E-state index in [1.165, 1.54) is 11.1 Å². The molecule has 0 bridgehead atoms. The molecule has 0 aliphatic carbocycles. The minimum absolute atomic E-state index is 0.712. The Morgan fingerprint density at radius 3 is 1.93 bits per heavy atom. The largest absolute Gasteiger partial charge is 0.497 e. The van der Waals surface area contributed by atoms with E-state index in [0.29, 0.717) is 6.54 Å². The topological polar surface area (TPSA) is 36.3 Å². The molecule has 4 heteroatoms. The zero-order valence-corrected chi connectivity index (χ0v) is 16.9. The highest BCUT2D eigenvalue weighted by Gasteiger charge is 2.13. The van der Waals surface area contributed by atoms with Gasteiger partial charge in [-0.1, -0.05) is 24.3 Å². The van der Waals surface area contributed by atoms with Gasteiger partial charge in [-0.3, -0.25) is 4.68 Å². The number of benzene rings is 3. The van der Waals surface area contributed by atoms with E-state index in [4.69, 9.17) is 14.6 Å². The summed E-state index contributed by atoms with van der Waals surface area (Å²) in [5, 5.41) is 4.94. The maximum absolute atomic E-state index is 5.31. The highest BCUT2D eigenvalue weighted by molar-refractivity contribution is 5.69. The molecule has 0 unspecified atom stereocenters. The van der Waals surface area contributed by atoms with Gasteiger partial charge in [-0.2, -0.15) is 5.10 Å². The molecule has 0 amide bonds. The van der Waals surface area contributed by atoms with Crippen molar-refractivity contribution in [2.45, 2.75) is 13.5 Å². The Bertz CT molecular complexity index is 1100. The van der Waals surface area contributed by atoms with Gasteiger partial charge in [0.05, 0.1) is 32.2 Å². The summed E-state index contributed by atoms with van der Waals surface area (Å²) in [7, 11) is 3.35. The monoisotopic (exact) mass is 384 g/mol. The number of nitrogens with zero attached hydrogens (tertiary/aromatic N) is 2. The molecule has 1 heterocycles. The highest BCUT2D eigenvalue weighted by atomic mass is 16.5. The zero-order chi connectivity index (χ0) is 20.2. The van der Waals surface area contributed by atoms with Crippen LogP contribution in [0, 0.1) is 6.92 Å². The van der Waals surface area contributed by atoms with Crippen LogP contribution in [0.15, 0.2) is 78.9 Å². The van der Waals surface area contributed by atoms with Crippen LogP contribution in [0.5, 0.6) is 11.5 Å². The second kappa shape index (κ2) is 8.23. The van der Waals surface area contributed by atoms with Crippen LogP contribution in [0.1, 0.15) is 11.1 Å². The zero-order valence-electron chi connectivity index (χ0n) is 16.9. The molecule has 0 saturated carbocycles. The molecule has 4 aromatic rings. The van der Waals surface area contributed by atoms with Crippen molar-refractivity contribution in [3.63, 3.8) is 0 Å². The molecule has 0 saturated heterocycles. The summed E-state index contributed by atoms with van der Waals surface area (Å²) in [5.74, 6) is 1.68. The first-order valence-electron chi connectivity index (χ1n) is 9.59. The van der Waals surface area contributed by atoms with Crippen molar-refractivity contribution >= 4 is 0 Å². The molecule has 0 fully saturated rings. The SMILES string of the molecule is COc1ccc(-c2cc(-c3ccc(OC)cc3)n(Cc3ccccc3C)n2)cc1. The van der Waals surface area contributed by atoms with Crippen LogP contribution in [-0.2, 0) is 6.54 Å². The van der Waals surface area contributed by atoms with Crippen LogP contribution in [0.4, 0.5) is 0 Å². The van der Waals surface area contributed by atoms with E-state index >= 15 is 0 Å². The number of ether oxygens (including phenoxy) is 2. The summed E-state index contributed by atoms with van der Waals surface area (Å²) in [6.45, 7) is 2.85. The lowest BCUT2D eigenvalue weighted by atomic mass is 10.1. The fourth-order valence-corrected chi connectivity index (χ4v) is 3.38. The van der Waals surface area contributed by atoms with Crippen LogP contribution in [-0.4, -0.2) is 24.0 Å². The van der Waals surface area contributed by atoms with Gasteiger partial charge >= 0.3 is 0 Å². The predicted molar refractivity (Wildman–Crippen MR) is 116 cm³/mol. The average molecular weight is 384 g/mol. The summed E-state index contributed by atoms with van der Waals surface area (Å²) in [6.07, 6.45) is 0. The van der Waals surface area contributed by atoms with Crippen molar-refractivity contribution in [2.75, 3.05) is 14.2 Å². The van der Waals surface area contributed by atoms with Crippen LogP contribution >= 0.6 is 0 Å². The van der Waals surface area contributed by atoms with Crippen molar-refractivity contribution in [1.82, 2.24) is 9.78 Å². The Balaban J connectivity index is 1.77. The molecule has 3 aromatic carbocycles. The molecular formula is C25H24N2O2. The predicted octanol–water partition coefficient (Wildman–Crippen LogP) is 5.59. The molecule has 1 aromatic heterocycles. The number of hydrogen-bond acceptors (Lipinski definition) is 3. The van der Waals surface area contributed by atoms with E-state index in [2.05, 4.69) is 54.1 Å². The van der Waals surface area contributed by atoms with Crippen LogP contribution in [0.2, 0.25) is 0 Å². The molecule has 29 heavy (non-hydrogen) atoms. The molecular weight excluding hydrogens is 360 g/mol. The lowest BCUT2D eigenvalue weighted by Crippen LogP contribution is -2.05. The summed E-state index contributed by atoms with van der Waals surface area (Å²) in [4.78, 5) is 0. The Hall–Kier alpha value is -3.53. The maximum atomic E-state index is 5.31. The molecule has 0 aliphatic rings. The first-order chi connectivity index (χ1) is 14.2. The third kappa shape index (κ3) is 4.02. The third-order valence-electron chi connectivity index (χ3n) is 5.13. The smallest absolute Gasteiger partial charge is 0.118 e. The molecule has 4 nitrogen and oxygen atoms in total. The molecule has 0 spiro atoms. The van der Waals surface area contributed by atoms with Gasteiger partial charge < -0.3 is 9.47 Å². The minimum atomic E-state index is 0.712. The van der Waals surface area contributed by atoms with E-state index in [-0.39, 0.29) is 0 Å². The Labute approximate surface area is 171 Å². The molecule has 0 radical (unpaired) electrons. The second-order valence-electron chi connectivity index (χ2n) is 6.96. The fourth-order valence-electron chi connectivity index (χ4n) is 3.38. The van der Waals surface area contributed by atoms with Gasteiger partial charge in [-0.05, 0) is 72.6 Å². The van der Waals surface area contributed by atoms with E-state index in [1.807, 2.05) is 36.4 Å². The normalized spacial score (nSPS) is 10.7. The summed E-state index contributed by atoms with van der Waals surface area (Å²) >= 11 is 0. The first kappa shape index (κ1) is 18.8. The highest BCUT2D eigenvalue weighted by Crippen LogP contribution is 2.29. The molecule has 0 atom stereocenters. The Morgan fingerprint density at radius 1 is 0.759 bits per heavy atom. The van der Waals surface area contributed by atoms with Gasteiger partial charge in [-0.25, -0.2) is 0 Å². The van der Waals surface area contributed by atoms with Gasteiger partial charge in [0.1, 0.15) is 11.5 Å². The Morgan fingerprint density at radius 2 is 1.34 bits per heavy atom. The molecule has 4 rings (SSSR count). The summed E-state index contributed by atoms with van der Waals surface area (Å²) in [5.41, 5.74) is 6.69. The molecule has 0 N–H and O–H groups in total. The summed E-state index contributed by atoms with van der Waals surface area (Å²) in [6, 6.07) is 26.7. The van der Waals surface area contributed by atoms with Crippen molar-refractivity contribution in [3.05, 3.63) is 90.0 Å². The van der Waals surface area contributed by atoms with Gasteiger partial charge in [0, 0.05) is 11.1 Å². The second-order valence-corrected chi connectivity index (χ2v) is 6.96. The average Bonchev–Trinajstić information content (AvgIpc) is 3.19. The van der Waals surface area contributed by atoms with Crippen LogP contribution < -0.4 is 9.47 Å². The number of hydrogen-bond donors (Lipinski definition) is 0. The van der Waals surface area contributed by atoms with Crippen molar-refractivity contribution in [1.29, 1.82) is 0 Å². The maximum Gasteiger partial charge on any atom is 0.118 e. The third-order valence-corrected chi connectivity index (χ3v) is 5.13. The van der Waals surface area contributed by atoms with E-state index < -0.39 is 0 Å². The van der Waals surface area contributed by atoms with Gasteiger partial charge in [0.25, 0.3) is 0 Å². The number of aryl methyl sites for hydroxylation is 1. The lowest BCUT2D eigenvalue weighted by molar-refractivity contribution is 0.414. The van der Waals surface area contributed by atoms with Crippen LogP contribution in [0.3, 0.4) is 0 Å².